The molecule has 0 aromatic carbocycles. The molecule has 3 saturated heterocycles. The highest BCUT2D eigenvalue weighted by molar-refractivity contribution is 5.79. The van der Waals surface area contributed by atoms with Crippen molar-refractivity contribution in [1.82, 2.24) is 19.6 Å². The molecule has 3 heterocycles. The monoisotopic (exact) mass is 362 g/mol. The minimum atomic E-state index is 0.158. The van der Waals surface area contributed by atoms with Crippen LogP contribution in [0.1, 0.15) is 45.4 Å². The van der Waals surface area contributed by atoms with Crippen LogP contribution in [0, 0.1) is 5.41 Å². The largest absolute Gasteiger partial charge is 0.341 e. The number of piperidine rings is 2. The number of likely N-dealkylation sites (tertiary alicyclic amines) is 2. The minimum absolute atomic E-state index is 0.158. The van der Waals surface area contributed by atoms with E-state index in [0.717, 1.165) is 65.2 Å². The highest BCUT2D eigenvalue weighted by Gasteiger charge is 2.46. The molecule has 1 atom stereocenters. The van der Waals surface area contributed by atoms with Crippen LogP contribution in [0.5, 0.6) is 0 Å². The van der Waals surface area contributed by atoms with E-state index >= 15 is 0 Å². The number of amides is 2. The molecule has 4 fully saturated rings. The highest BCUT2D eigenvalue weighted by atomic mass is 16.2. The third kappa shape index (κ3) is 3.91. The van der Waals surface area contributed by atoms with Crippen LogP contribution in [0.15, 0.2) is 0 Å². The van der Waals surface area contributed by atoms with Gasteiger partial charge in [0.05, 0.1) is 6.54 Å². The van der Waals surface area contributed by atoms with Gasteiger partial charge in [-0.15, -0.1) is 0 Å². The molecule has 1 aliphatic carbocycles. The predicted octanol–water partition coefficient (Wildman–Crippen LogP) is 1.02. The van der Waals surface area contributed by atoms with Crippen molar-refractivity contribution in [2.75, 3.05) is 58.9 Å². The van der Waals surface area contributed by atoms with Crippen LogP contribution >= 0.6 is 0 Å². The van der Waals surface area contributed by atoms with E-state index in [1.807, 2.05) is 0 Å². The fourth-order valence-corrected chi connectivity index (χ4v) is 5.07. The maximum atomic E-state index is 12.9. The molecule has 4 aliphatic rings. The topological polar surface area (TPSA) is 47.1 Å². The van der Waals surface area contributed by atoms with E-state index in [4.69, 9.17) is 0 Å². The van der Waals surface area contributed by atoms with Crippen LogP contribution in [0.3, 0.4) is 0 Å². The average Bonchev–Trinajstić information content (AvgIpc) is 3.50. The van der Waals surface area contributed by atoms with Gasteiger partial charge in [0.15, 0.2) is 0 Å². The van der Waals surface area contributed by atoms with Crippen LogP contribution in [0.4, 0.5) is 0 Å². The molecule has 146 valence electrons. The van der Waals surface area contributed by atoms with E-state index < -0.39 is 0 Å². The number of carbonyl (C=O) groups is 2. The first-order chi connectivity index (χ1) is 12.6. The van der Waals surface area contributed by atoms with Crippen LogP contribution in [0.25, 0.3) is 0 Å². The molecule has 0 radical (unpaired) electrons. The van der Waals surface area contributed by atoms with Crippen LogP contribution in [-0.4, -0.2) is 96.4 Å². The molecule has 26 heavy (non-hydrogen) atoms. The van der Waals surface area contributed by atoms with E-state index in [1.165, 1.54) is 19.3 Å². The maximum absolute atomic E-state index is 12.9. The third-order valence-corrected chi connectivity index (χ3v) is 6.97. The smallest absolute Gasteiger partial charge is 0.236 e. The number of carbonyl (C=O) groups excluding carboxylic acids is 2. The number of rotatable bonds is 4. The summed E-state index contributed by atoms with van der Waals surface area (Å²) in [6.45, 7) is 10.7. The highest BCUT2D eigenvalue weighted by Crippen LogP contribution is 2.42. The molecule has 3 aliphatic heterocycles. The lowest BCUT2D eigenvalue weighted by Crippen LogP contribution is -2.57. The van der Waals surface area contributed by atoms with Gasteiger partial charge in [0, 0.05) is 63.7 Å². The molecular formula is C20H34N4O2. The van der Waals surface area contributed by atoms with Crippen molar-refractivity contribution in [2.45, 2.75) is 51.5 Å². The molecule has 0 unspecified atom stereocenters. The summed E-state index contributed by atoms with van der Waals surface area (Å²) < 4.78 is 0. The summed E-state index contributed by atoms with van der Waals surface area (Å²) >= 11 is 0. The first-order valence-corrected chi connectivity index (χ1v) is 10.6. The summed E-state index contributed by atoms with van der Waals surface area (Å²) in [4.78, 5) is 34.2. The van der Waals surface area contributed by atoms with Gasteiger partial charge >= 0.3 is 0 Å². The first kappa shape index (κ1) is 18.2. The summed E-state index contributed by atoms with van der Waals surface area (Å²) in [7, 11) is 0. The van der Waals surface area contributed by atoms with Crippen molar-refractivity contribution in [3.05, 3.63) is 0 Å². The lowest BCUT2D eigenvalue weighted by Gasteiger charge is -2.48. The number of likely N-dealkylation sites (N-methyl/N-ethyl adjacent to an activating group) is 1. The molecule has 1 spiro atoms. The van der Waals surface area contributed by atoms with Gasteiger partial charge in [-0.1, -0.05) is 6.92 Å². The summed E-state index contributed by atoms with van der Waals surface area (Å²) in [6.07, 6.45) is 6.25. The van der Waals surface area contributed by atoms with E-state index in [2.05, 4.69) is 26.5 Å². The van der Waals surface area contributed by atoms with Crippen molar-refractivity contribution >= 4 is 11.8 Å². The molecule has 4 rings (SSSR count). The summed E-state index contributed by atoms with van der Waals surface area (Å²) in [5.41, 5.74) is 0.158. The zero-order chi connectivity index (χ0) is 18.1. The van der Waals surface area contributed by atoms with Crippen molar-refractivity contribution in [1.29, 1.82) is 0 Å². The quantitative estimate of drug-likeness (QED) is 0.749. The van der Waals surface area contributed by atoms with Crippen molar-refractivity contribution in [3.63, 3.8) is 0 Å². The van der Waals surface area contributed by atoms with Crippen molar-refractivity contribution < 1.29 is 9.59 Å². The summed E-state index contributed by atoms with van der Waals surface area (Å²) in [5.74, 6) is 0.638. The van der Waals surface area contributed by atoms with E-state index in [9.17, 15) is 9.59 Å². The standard InChI is InChI=1S/C20H34N4O2/c1-2-21-10-12-22(13-11-21)14-19(26)23-9-3-7-20(15-23)8-6-18(25)24(16-20)17-4-5-17/h17H,2-16H2,1H3/t20-/m1/s1. The summed E-state index contributed by atoms with van der Waals surface area (Å²) in [6, 6.07) is 0.501. The van der Waals surface area contributed by atoms with Gasteiger partial charge in [-0.3, -0.25) is 14.5 Å². The van der Waals surface area contributed by atoms with Gasteiger partial charge in [-0.25, -0.2) is 0 Å². The van der Waals surface area contributed by atoms with Gasteiger partial charge in [0.25, 0.3) is 0 Å². The number of hydrogen-bond donors (Lipinski definition) is 0. The second-order valence-corrected chi connectivity index (χ2v) is 8.88. The molecule has 6 heteroatoms. The van der Waals surface area contributed by atoms with Gasteiger partial charge in [-0.05, 0) is 38.6 Å². The molecular weight excluding hydrogens is 328 g/mol. The third-order valence-electron chi connectivity index (χ3n) is 6.97. The normalized spacial score (nSPS) is 31.7. The van der Waals surface area contributed by atoms with Gasteiger partial charge < -0.3 is 14.7 Å². The Morgan fingerprint density at radius 3 is 2.46 bits per heavy atom. The van der Waals surface area contributed by atoms with E-state index in [1.54, 1.807) is 0 Å². The Hall–Kier alpha value is -1.14. The van der Waals surface area contributed by atoms with Crippen LogP contribution < -0.4 is 0 Å². The SMILES string of the molecule is CCN1CCN(CC(=O)N2CCC[C@@]3(CCC(=O)N(C4CC4)C3)C2)CC1. The number of nitrogens with zero attached hydrogens (tertiary/aromatic N) is 4. The Kier molecular flexibility index (Phi) is 5.24. The Labute approximate surface area is 157 Å². The fourth-order valence-electron chi connectivity index (χ4n) is 5.07. The van der Waals surface area contributed by atoms with Gasteiger partial charge in [-0.2, -0.15) is 0 Å². The van der Waals surface area contributed by atoms with E-state index in [0.29, 0.717) is 30.8 Å². The van der Waals surface area contributed by atoms with Crippen molar-refractivity contribution in [2.24, 2.45) is 5.41 Å². The van der Waals surface area contributed by atoms with Crippen LogP contribution in [0.2, 0.25) is 0 Å². The maximum Gasteiger partial charge on any atom is 0.236 e. The average molecular weight is 363 g/mol. The molecule has 0 aromatic heterocycles. The fraction of sp³-hybridized carbons (Fsp3) is 0.900. The van der Waals surface area contributed by atoms with Gasteiger partial charge in [0.2, 0.25) is 11.8 Å². The first-order valence-electron chi connectivity index (χ1n) is 10.6. The number of hydrogen-bond acceptors (Lipinski definition) is 4. The Morgan fingerprint density at radius 2 is 1.77 bits per heavy atom. The molecule has 0 N–H and O–H groups in total. The van der Waals surface area contributed by atoms with Crippen LogP contribution in [-0.2, 0) is 9.59 Å². The lowest BCUT2D eigenvalue weighted by atomic mass is 9.73. The predicted molar refractivity (Wildman–Crippen MR) is 101 cm³/mol. The lowest BCUT2D eigenvalue weighted by molar-refractivity contribution is -0.144. The molecule has 0 bridgehead atoms. The Morgan fingerprint density at radius 1 is 1.04 bits per heavy atom. The zero-order valence-electron chi connectivity index (χ0n) is 16.3. The molecule has 1 saturated carbocycles. The van der Waals surface area contributed by atoms with Crippen molar-refractivity contribution in [3.8, 4) is 0 Å². The second kappa shape index (κ2) is 7.47. The molecule has 2 amide bonds. The Bertz CT molecular complexity index is 542. The number of piperazine rings is 1. The van der Waals surface area contributed by atoms with E-state index in [-0.39, 0.29) is 5.41 Å². The summed E-state index contributed by atoms with van der Waals surface area (Å²) in [5, 5.41) is 0. The molecule has 6 nitrogen and oxygen atoms in total. The van der Waals surface area contributed by atoms with Gasteiger partial charge in [0.1, 0.15) is 0 Å². The molecule has 0 aromatic rings. The minimum Gasteiger partial charge on any atom is -0.341 e. The zero-order valence-corrected chi connectivity index (χ0v) is 16.3. The Balaban J connectivity index is 1.33. The second-order valence-electron chi connectivity index (χ2n) is 8.88.